The number of carbonyl (C=O) groups is 6. The minimum Gasteiger partial charge on any atom is -0.465 e. The molecule has 0 spiro atoms. The lowest BCUT2D eigenvalue weighted by Crippen LogP contribution is -2.13. The smallest absolute Gasteiger partial charge is 0.337 e. The first kappa shape index (κ1) is 84.3. The van der Waals surface area contributed by atoms with Crippen molar-refractivity contribution in [3.05, 3.63) is 352 Å². The van der Waals surface area contributed by atoms with Crippen LogP contribution in [0, 0.1) is 27.7 Å². The number of ether oxygens (including phenoxy) is 1. The van der Waals surface area contributed by atoms with Gasteiger partial charge in [0.05, 0.1) is 56.2 Å². The number of anilines is 5. The molecule has 0 aliphatic carbocycles. The van der Waals surface area contributed by atoms with Crippen molar-refractivity contribution in [1.82, 2.24) is 48.2 Å². The van der Waals surface area contributed by atoms with Gasteiger partial charge in [0.15, 0.2) is 15.4 Å². The van der Waals surface area contributed by atoms with Gasteiger partial charge >= 0.3 is 5.97 Å². The first-order valence-corrected chi connectivity index (χ1v) is 42.1. The molecule has 0 fully saturated rings. The van der Waals surface area contributed by atoms with Gasteiger partial charge in [0.25, 0.3) is 29.5 Å². The Labute approximate surface area is 730 Å². The van der Waals surface area contributed by atoms with Gasteiger partial charge in [-0.05, 0) is 147 Å². The third-order valence-corrected chi connectivity index (χ3v) is 22.8. The fourth-order valence-corrected chi connectivity index (χ4v) is 16.2. The number of nitrogens with zero attached hydrogens (tertiary/aromatic N) is 9. The van der Waals surface area contributed by atoms with Crippen LogP contribution in [0.1, 0.15) is 95.8 Å². The second-order valence-corrected chi connectivity index (χ2v) is 32.7. The van der Waals surface area contributed by atoms with E-state index in [0.717, 1.165) is 88.3 Å². The van der Waals surface area contributed by atoms with Crippen LogP contribution >= 0.6 is 84.7 Å². The van der Waals surface area contributed by atoms with Gasteiger partial charge in [-0.2, -0.15) is 0 Å². The zero-order valence-electron chi connectivity index (χ0n) is 65.9. The van der Waals surface area contributed by atoms with Gasteiger partial charge in [-0.15, -0.1) is 34.0 Å². The van der Waals surface area contributed by atoms with Gasteiger partial charge in [-0.1, -0.05) is 160 Å². The highest BCUT2D eigenvalue weighted by molar-refractivity contribution is 9.10. The van der Waals surface area contributed by atoms with Gasteiger partial charge in [0.1, 0.15) is 11.6 Å². The standard InChI is InChI=1S/C20H13Cl2N3O3S.C19H14ClN3OS.C19H15N3OS.C17H16BrN3O.C17H17N3O/c1-28-19(27)11-2-4-12-13(8-23-16(12)7-11)18(26)25-20-24-17(9-29-20)10-3-5-14(21)15(22)6-10;20-14-7-5-13(6-8-14)11-23-12-16(15-3-1-2-4-17(15)23)18(24)22-19-21-9-10-25-19;23-18(21-19-20-10-11-24-19)16-13-22(12-14-6-2-1-3-7-14)17-9-5-4-8-15(16)17;1-10-6-11(2)19-16(7-10)20-17(22)14-9-21(3)15-5-4-12(18)8-13(14)15;1-11-8-12(2)18-16(9-11)19-17(21)14-10-20(3)15-7-5-4-6-13(14)15/h2-9,23H,1H3,(H,24,25,26);1-10,12H,11H2,(H,21,22,24);1-11,13H,12H2,(H,20,21,23);4-9H,1-3H3,(H,19,20,22);4-10H,1-3H3,(H,18,19,21). The number of aromatic nitrogens is 10. The third-order valence-electron chi connectivity index (χ3n) is 19.1. The number of pyridine rings is 2. The molecule has 22 nitrogen and oxygen atoms in total. The van der Waals surface area contributed by atoms with Crippen molar-refractivity contribution in [2.24, 2.45) is 14.1 Å². The maximum atomic E-state index is 12.7. The van der Waals surface area contributed by atoms with E-state index in [-0.39, 0.29) is 29.5 Å². The molecule has 0 radical (unpaired) electrons. The summed E-state index contributed by atoms with van der Waals surface area (Å²) < 4.78 is 13.8. The molecule has 8 aromatic carbocycles. The Hall–Kier alpha value is -13.2. The van der Waals surface area contributed by atoms with Crippen LogP contribution in [0.5, 0.6) is 0 Å². The summed E-state index contributed by atoms with van der Waals surface area (Å²) in [6.45, 7) is 9.20. The Bertz CT molecular complexity index is 6820. The summed E-state index contributed by atoms with van der Waals surface area (Å²) >= 11 is 25.5. The van der Waals surface area contributed by atoms with Gasteiger partial charge in [0, 0.05) is 168 Å². The second-order valence-electron chi connectivity index (χ2n) is 27.9. The highest BCUT2D eigenvalue weighted by Crippen LogP contribution is 2.34. The number of thiazole rings is 3. The fraction of sp³-hybridized carbons (Fsp3) is 0.0978. The molecule has 6 N–H and O–H groups in total. The largest absolute Gasteiger partial charge is 0.465 e. The van der Waals surface area contributed by atoms with Crippen molar-refractivity contribution in [2.75, 3.05) is 33.7 Å². The van der Waals surface area contributed by atoms with E-state index in [1.54, 1.807) is 48.9 Å². The number of hydrogen-bond acceptors (Lipinski definition) is 15. The summed E-state index contributed by atoms with van der Waals surface area (Å²) in [6, 6.07) is 65.5. The van der Waals surface area contributed by atoms with Crippen LogP contribution in [0.4, 0.5) is 27.0 Å². The van der Waals surface area contributed by atoms with Crippen LogP contribution in [0.3, 0.4) is 0 Å². The Morgan fingerprint density at radius 3 is 1.47 bits per heavy atom. The molecule has 10 heterocycles. The molecule has 0 bridgehead atoms. The average Bonchev–Trinajstić information content (AvgIpc) is 1.64. The van der Waals surface area contributed by atoms with Crippen molar-refractivity contribution < 1.29 is 33.5 Å². The maximum absolute atomic E-state index is 12.7. The summed E-state index contributed by atoms with van der Waals surface area (Å²) in [5, 5.41) is 27.5. The molecule has 0 saturated heterocycles. The van der Waals surface area contributed by atoms with Crippen LogP contribution in [0.25, 0.3) is 65.8 Å². The molecule has 0 unspecified atom stereocenters. The highest BCUT2D eigenvalue weighted by atomic mass is 79.9. The Morgan fingerprint density at radius 2 is 0.934 bits per heavy atom. The second kappa shape index (κ2) is 38.3. The zero-order valence-corrected chi connectivity index (χ0v) is 72.2. The summed E-state index contributed by atoms with van der Waals surface area (Å²) in [7, 11) is 5.19. The number of H-pyrrole nitrogens is 1. The fourth-order valence-electron chi connectivity index (χ4n) is 13.7. The predicted octanol–water partition coefficient (Wildman–Crippen LogP) is 22.7. The first-order valence-electron chi connectivity index (χ1n) is 37.6. The molecule has 606 valence electrons. The lowest BCUT2D eigenvalue weighted by molar-refractivity contribution is 0.0600. The number of esters is 1. The summed E-state index contributed by atoms with van der Waals surface area (Å²) in [6.07, 6.45) is 12.4. The van der Waals surface area contributed by atoms with E-state index in [9.17, 15) is 28.8 Å². The third kappa shape index (κ3) is 20.6. The van der Waals surface area contributed by atoms with Crippen LogP contribution in [-0.4, -0.2) is 90.8 Å². The minimum absolute atomic E-state index is 0.132. The molecule has 121 heavy (non-hydrogen) atoms. The number of amides is 5. The predicted molar refractivity (Wildman–Crippen MR) is 492 cm³/mol. The van der Waals surface area contributed by atoms with Gasteiger partial charge in [0.2, 0.25) is 0 Å². The van der Waals surface area contributed by atoms with Crippen molar-refractivity contribution >= 4 is 202 Å². The molecule has 29 heteroatoms. The SMILES string of the molecule is COC(=O)c1ccc2c(C(=O)Nc3nc(-c4ccc(Cl)c(Cl)c4)cs3)c[nH]c2c1.Cc1cc(C)nc(NC(=O)c2cn(C)c3ccc(Br)cc23)c1.Cc1cc(C)nc(NC(=O)c2cn(C)c3ccccc23)c1.O=C(Nc1nccs1)c1cn(Cc2ccc(Cl)cc2)c2ccccc12.O=C(Nc1nccs1)c1cn(Cc2ccccc2)c2ccccc12. The topological polar surface area (TPSA) is 272 Å². The van der Waals surface area contributed by atoms with Gasteiger partial charge in [-0.3, -0.25) is 39.9 Å². The number of hydrogen-bond donors (Lipinski definition) is 6. The summed E-state index contributed by atoms with van der Waals surface area (Å²) in [5.74, 6) is -0.151. The molecule has 10 aromatic heterocycles. The molecule has 0 aliphatic rings. The number of halogens is 4. The summed E-state index contributed by atoms with van der Waals surface area (Å²) in [4.78, 5) is 99.1. The lowest BCUT2D eigenvalue weighted by atomic mass is 10.1. The van der Waals surface area contributed by atoms with Crippen LogP contribution in [-0.2, 0) is 31.9 Å². The van der Waals surface area contributed by atoms with E-state index in [4.69, 9.17) is 39.5 Å². The molecular formula is C92H75BrCl3N15O7S3. The summed E-state index contributed by atoms with van der Waals surface area (Å²) in [5.41, 5.74) is 16.0. The number of benzene rings is 8. The van der Waals surface area contributed by atoms with Crippen LogP contribution < -0.4 is 26.6 Å². The quantitative estimate of drug-likeness (QED) is 0.0493. The normalized spacial score (nSPS) is 10.9. The minimum atomic E-state index is -0.440. The maximum Gasteiger partial charge on any atom is 0.337 e. The number of para-hydroxylation sites is 3. The van der Waals surface area contributed by atoms with Crippen LogP contribution in [0.2, 0.25) is 15.1 Å². The average molecular weight is 1790 g/mol. The molecular weight excluding hydrogens is 1710 g/mol. The molecule has 5 amide bonds. The number of rotatable bonds is 16. The number of carbonyl (C=O) groups excluding carboxylic acids is 6. The molecule has 18 rings (SSSR count). The van der Waals surface area contributed by atoms with Crippen molar-refractivity contribution in [2.45, 2.75) is 40.8 Å². The van der Waals surface area contributed by atoms with Crippen molar-refractivity contribution in [1.29, 1.82) is 0 Å². The number of fused-ring (bicyclic) bond motifs is 5. The van der Waals surface area contributed by atoms with Gasteiger partial charge in [-0.25, -0.2) is 29.7 Å². The van der Waals surface area contributed by atoms with Crippen molar-refractivity contribution in [3.8, 4) is 11.3 Å². The first-order chi connectivity index (χ1) is 58.4. The molecule has 18 aromatic rings. The molecule has 0 saturated carbocycles. The highest BCUT2D eigenvalue weighted by Gasteiger charge is 2.22. The Morgan fingerprint density at radius 1 is 0.446 bits per heavy atom. The van der Waals surface area contributed by atoms with E-state index < -0.39 is 5.97 Å². The number of nitrogens with one attached hydrogen (secondary N) is 6. The Balaban J connectivity index is 0.000000124. The van der Waals surface area contributed by atoms with E-state index >= 15 is 0 Å². The number of aromatic amines is 1. The van der Waals surface area contributed by atoms with E-state index in [1.165, 1.54) is 46.7 Å². The molecule has 0 atom stereocenters. The number of aryl methyl sites for hydroxylation is 6. The van der Waals surface area contributed by atoms with E-state index in [2.05, 4.69) is 93.7 Å². The lowest BCUT2D eigenvalue weighted by Gasteiger charge is -2.06. The number of methoxy groups -OCH3 is 1. The van der Waals surface area contributed by atoms with Crippen LogP contribution in [0.15, 0.2) is 270 Å². The van der Waals surface area contributed by atoms with Crippen molar-refractivity contribution in [3.63, 3.8) is 0 Å². The zero-order chi connectivity index (χ0) is 85.0. The monoisotopic (exact) mass is 1780 g/mol. The van der Waals surface area contributed by atoms with E-state index in [0.29, 0.717) is 98.6 Å². The van der Waals surface area contributed by atoms with E-state index in [1.807, 2.05) is 256 Å². The Kier molecular flexibility index (Phi) is 26.6. The molecule has 0 aliphatic heterocycles. The van der Waals surface area contributed by atoms with Gasteiger partial charge < -0.3 is 38.6 Å².